The highest BCUT2D eigenvalue weighted by molar-refractivity contribution is 7.89. The molecule has 7 nitrogen and oxygen atoms in total. The molecule has 1 amide bonds. The molecule has 0 saturated carbocycles. The third-order valence-corrected chi connectivity index (χ3v) is 7.10. The Morgan fingerprint density at radius 2 is 1.80 bits per heavy atom. The first kappa shape index (κ1) is 22.6. The van der Waals surface area contributed by atoms with Gasteiger partial charge in [-0.2, -0.15) is 0 Å². The number of rotatable bonds is 6. The molecule has 1 fully saturated rings. The number of benzene rings is 2. The molecule has 0 bridgehead atoms. The second-order valence-electron chi connectivity index (χ2n) is 7.39. The van der Waals surface area contributed by atoms with Crippen molar-refractivity contribution >= 4 is 38.9 Å². The van der Waals surface area contributed by atoms with Gasteiger partial charge in [0.15, 0.2) is 0 Å². The smallest absolute Gasteiger partial charge is 0.255 e. The van der Waals surface area contributed by atoms with Crippen molar-refractivity contribution < 1.29 is 13.2 Å². The van der Waals surface area contributed by atoms with Crippen molar-refractivity contribution in [1.29, 1.82) is 0 Å². The van der Waals surface area contributed by atoms with Crippen LogP contribution in [-0.4, -0.2) is 59.0 Å². The van der Waals surface area contributed by atoms with E-state index < -0.39 is 15.9 Å². The Hall–Kier alpha value is -2.13. The van der Waals surface area contributed by atoms with Gasteiger partial charge in [0.05, 0.1) is 5.69 Å². The predicted molar refractivity (Wildman–Crippen MR) is 121 cm³/mol. The number of hydrogen-bond donors (Lipinski definition) is 2. The molecule has 0 spiro atoms. The molecule has 0 unspecified atom stereocenters. The lowest BCUT2D eigenvalue weighted by molar-refractivity contribution is 0.102. The van der Waals surface area contributed by atoms with Gasteiger partial charge < -0.3 is 15.1 Å². The highest BCUT2D eigenvalue weighted by atomic mass is 35.5. The lowest BCUT2D eigenvalue weighted by Crippen LogP contribution is -2.45. The van der Waals surface area contributed by atoms with Gasteiger partial charge in [0.25, 0.3) is 5.91 Å². The molecule has 0 atom stereocenters. The van der Waals surface area contributed by atoms with Gasteiger partial charge in [0.1, 0.15) is 4.90 Å². The average molecular weight is 451 g/mol. The average Bonchev–Trinajstić information content (AvgIpc) is 2.71. The fourth-order valence-corrected chi connectivity index (χ4v) is 4.79. The minimum atomic E-state index is -3.75. The minimum absolute atomic E-state index is 0.114. The van der Waals surface area contributed by atoms with E-state index in [0.717, 1.165) is 31.7 Å². The Morgan fingerprint density at radius 3 is 2.43 bits per heavy atom. The first-order valence-electron chi connectivity index (χ1n) is 9.86. The number of hydrogen-bond acceptors (Lipinski definition) is 5. The quantitative estimate of drug-likeness (QED) is 0.707. The molecule has 0 aromatic heterocycles. The third kappa shape index (κ3) is 5.13. The van der Waals surface area contributed by atoms with Crippen molar-refractivity contribution in [3.8, 4) is 0 Å². The number of sulfonamides is 1. The lowest BCUT2D eigenvalue weighted by Gasteiger charge is -2.35. The zero-order valence-electron chi connectivity index (χ0n) is 17.4. The van der Waals surface area contributed by atoms with Crippen molar-refractivity contribution in [2.75, 3.05) is 50.0 Å². The van der Waals surface area contributed by atoms with E-state index in [1.165, 1.54) is 6.07 Å². The van der Waals surface area contributed by atoms with Gasteiger partial charge in [0.2, 0.25) is 10.0 Å². The van der Waals surface area contributed by atoms with E-state index in [1.54, 1.807) is 31.2 Å². The third-order valence-electron chi connectivity index (χ3n) is 5.12. The van der Waals surface area contributed by atoms with E-state index in [0.29, 0.717) is 16.4 Å². The number of carbonyl (C=O) groups is 1. The number of likely N-dealkylation sites (N-methyl/N-ethyl adjacent to an activating group) is 1. The summed E-state index contributed by atoms with van der Waals surface area (Å²) in [6.45, 7) is 7.00. The van der Waals surface area contributed by atoms with Crippen LogP contribution in [0, 0.1) is 6.92 Å². The number of carbonyl (C=O) groups excluding carboxylic acids is 1. The highest BCUT2D eigenvalue weighted by Gasteiger charge is 2.25. The van der Waals surface area contributed by atoms with E-state index in [1.807, 2.05) is 24.9 Å². The largest absolute Gasteiger partial charge is 0.368 e. The summed E-state index contributed by atoms with van der Waals surface area (Å²) in [5.74, 6) is -0.396. The van der Waals surface area contributed by atoms with E-state index in [9.17, 15) is 13.2 Å². The predicted octanol–water partition coefficient (Wildman–Crippen LogP) is 2.95. The lowest BCUT2D eigenvalue weighted by atomic mass is 10.1. The zero-order chi connectivity index (χ0) is 21.9. The van der Waals surface area contributed by atoms with Crippen LogP contribution < -0.4 is 14.9 Å². The van der Waals surface area contributed by atoms with E-state index in [2.05, 4.69) is 14.9 Å². The molecule has 1 aliphatic heterocycles. The van der Waals surface area contributed by atoms with Crippen LogP contribution in [0.3, 0.4) is 0 Å². The first-order valence-corrected chi connectivity index (χ1v) is 11.7. The molecule has 9 heteroatoms. The minimum Gasteiger partial charge on any atom is -0.368 e. The van der Waals surface area contributed by atoms with Crippen LogP contribution in [0.15, 0.2) is 41.3 Å². The van der Waals surface area contributed by atoms with Crippen LogP contribution in [0.5, 0.6) is 0 Å². The molecule has 1 heterocycles. The SMILES string of the molecule is CCNS(=O)(=O)c1cc(C(=O)Nc2ccc(C)c(Cl)c2)ccc1N1CCN(C)CC1. The Morgan fingerprint density at radius 1 is 1.10 bits per heavy atom. The molecule has 162 valence electrons. The van der Waals surface area contributed by atoms with Crippen molar-refractivity contribution in [3.05, 3.63) is 52.5 Å². The van der Waals surface area contributed by atoms with Gasteiger partial charge in [-0.25, -0.2) is 13.1 Å². The number of nitrogens with one attached hydrogen (secondary N) is 2. The summed E-state index contributed by atoms with van der Waals surface area (Å²) in [6, 6.07) is 10.1. The Labute approximate surface area is 183 Å². The van der Waals surface area contributed by atoms with Gasteiger partial charge >= 0.3 is 0 Å². The standard InChI is InChI=1S/C21H27ClN4O3S/c1-4-23-30(28,29)20-13-16(6-8-19(20)26-11-9-25(3)10-12-26)21(27)24-17-7-5-15(2)18(22)14-17/h5-8,13-14,23H,4,9-12H2,1-3H3,(H,24,27). The Bertz CT molecular complexity index is 1030. The van der Waals surface area contributed by atoms with Crippen LogP contribution in [0.4, 0.5) is 11.4 Å². The second kappa shape index (κ2) is 9.34. The maximum absolute atomic E-state index is 12.9. The van der Waals surface area contributed by atoms with Crippen LogP contribution >= 0.6 is 11.6 Å². The number of nitrogens with zero attached hydrogens (tertiary/aromatic N) is 2. The van der Waals surface area contributed by atoms with Gasteiger partial charge in [-0.05, 0) is 49.9 Å². The van der Waals surface area contributed by atoms with Gasteiger partial charge in [0, 0.05) is 49.0 Å². The molecular weight excluding hydrogens is 424 g/mol. The molecule has 1 saturated heterocycles. The molecule has 3 rings (SSSR count). The van der Waals surface area contributed by atoms with E-state index >= 15 is 0 Å². The zero-order valence-corrected chi connectivity index (χ0v) is 19.0. The molecule has 2 N–H and O–H groups in total. The summed E-state index contributed by atoms with van der Waals surface area (Å²) >= 11 is 6.13. The molecule has 0 aliphatic carbocycles. The van der Waals surface area contributed by atoms with Crippen molar-refractivity contribution in [1.82, 2.24) is 9.62 Å². The van der Waals surface area contributed by atoms with E-state index in [4.69, 9.17) is 11.6 Å². The number of aryl methyl sites for hydroxylation is 1. The summed E-state index contributed by atoms with van der Waals surface area (Å²) in [5.41, 5.74) is 2.33. The molecule has 30 heavy (non-hydrogen) atoms. The summed E-state index contributed by atoms with van der Waals surface area (Å²) in [6.07, 6.45) is 0. The fraction of sp³-hybridized carbons (Fsp3) is 0.381. The van der Waals surface area contributed by atoms with Crippen molar-refractivity contribution in [2.24, 2.45) is 0 Å². The van der Waals surface area contributed by atoms with Crippen molar-refractivity contribution in [3.63, 3.8) is 0 Å². The summed E-state index contributed by atoms with van der Waals surface area (Å²) in [4.78, 5) is 17.1. The first-order chi connectivity index (χ1) is 14.2. The number of piperazine rings is 1. The molecule has 2 aromatic carbocycles. The molecule has 2 aromatic rings. The summed E-state index contributed by atoms with van der Waals surface area (Å²) < 4.78 is 28.3. The highest BCUT2D eigenvalue weighted by Crippen LogP contribution is 2.28. The van der Waals surface area contributed by atoms with Crippen molar-refractivity contribution in [2.45, 2.75) is 18.7 Å². The van der Waals surface area contributed by atoms with Crippen LogP contribution in [0.25, 0.3) is 0 Å². The maximum atomic E-state index is 12.9. The topological polar surface area (TPSA) is 81.7 Å². The van der Waals surface area contributed by atoms with Gasteiger partial charge in [-0.15, -0.1) is 0 Å². The molecular formula is C21H27ClN4O3S. The monoisotopic (exact) mass is 450 g/mol. The second-order valence-corrected chi connectivity index (χ2v) is 9.53. The number of halogens is 1. The maximum Gasteiger partial charge on any atom is 0.255 e. The van der Waals surface area contributed by atoms with Crippen LogP contribution in [0.1, 0.15) is 22.8 Å². The number of amides is 1. The van der Waals surface area contributed by atoms with E-state index in [-0.39, 0.29) is 17.0 Å². The molecule has 1 aliphatic rings. The summed E-state index contributed by atoms with van der Waals surface area (Å²) in [7, 11) is -1.71. The Kier molecular flexibility index (Phi) is 7.02. The normalized spacial score (nSPS) is 15.3. The Balaban J connectivity index is 1.94. The van der Waals surface area contributed by atoms with Crippen LogP contribution in [-0.2, 0) is 10.0 Å². The van der Waals surface area contributed by atoms with Crippen LogP contribution in [0.2, 0.25) is 5.02 Å². The molecule has 0 radical (unpaired) electrons. The van der Waals surface area contributed by atoms with Gasteiger partial charge in [-0.3, -0.25) is 4.79 Å². The summed E-state index contributed by atoms with van der Waals surface area (Å²) in [5, 5.41) is 3.33. The number of anilines is 2. The van der Waals surface area contributed by atoms with Gasteiger partial charge in [-0.1, -0.05) is 24.6 Å². The fourth-order valence-electron chi connectivity index (χ4n) is 3.32.